The van der Waals surface area contributed by atoms with Crippen molar-refractivity contribution in [1.82, 2.24) is 9.78 Å². The number of rotatable bonds is 1. The van der Waals surface area contributed by atoms with E-state index in [0.717, 1.165) is 6.07 Å². The number of carboxylic acids is 1. The van der Waals surface area contributed by atoms with Crippen LogP contribution in [0.3, 0.4) is 0 Å². The molecule has 2 rings (SSSR count). The van der Waals surface area contributed by atoms with Crippen LogP contribution in [0.4, 0.5) is 4.39 Å². The molecule has 2 aromatic rings. The Bertz CT molecular complexity index is 519. The summed E-state index contributed by atoms with van der Waals surface area (Å²) in [6, 6.07) is 2.37. The van der Waals surface area contributed by atoms with Crippen molar-refractivity contribution in [1.29, 1.82) is 0 Å². The van der Waals surface area contributed by atoms with Gasteiger partial charge in [0.05, 0.1) is 22.7 Å². The molecule has 0 radical (unpaired) electrons. The van der Waals surface area contributed by atoms with Crippen LogP contribution in [0.5, 0.6) is 0 Å². The average Bonchev–Trinajstić information content (AvgIpc) is 2.50. The van der Waals surface area contributed by atoms with Crippen LogP contribution in [0.1, 0.15) is 10.4 Å². The van der Waals surface area contributed by atoms with E-state index in [9.17, 15) is 9.18 Å². The van der Waals surface area contributed by atoms with Gasteiger partial charge >= 0.3 is 5.97 Å². The van der Waals surface area contributed by atoms with E-state index in [-0.39, 0.29) is 10.9 Å². The molecular formula is C9H7FN2O2. The van der Waals surface area contributed by atoms with Gasteiger partial charge in [-0.05, 0) is 12.1 Å². The Balaban J connectivity index is 2.92. The largest absolute Gasteiger partial charge is 0.478 e. The molecule has 0 aliphatic heterocycles. The highest BCUT2D eigenvalue weighted by Crippen LogP contribution is 2.20. The van der Waals surface area contributed by atoms with Crippen molar-refractivity contribution < 1.29 is 14.3 Å². The number of benzene rings is 1. The fraction of sp³-hybridized carbons (Fsp3) is 0.111. The van der Waals surface area contributed by atoms with Crippen molar-refractivity contribution in [3.8, 4) is 0 Å². The molecule has 0 atom stereocenters. The molecule has 1 heterocycles. The Labute approximate surface area is 78.6 Å². The Morgan fingerprint density at radius 3 is 2.93 bits per heavy atom. The van der Waals surface area contributed by atoms with Gasteiger partial charge in [-0.3, -0.25) is 4.68 Å². The Hall–Kier alpha value is -1.91. The third kappa shape index (κ3) is 1.06. The molecule has 4 nitrogen and oxygen atoms in total. The number of halogens is 1. The summed E-state index contributed by atoms with van der Waals surface area (Å²) in [5.74, 6) is -1.54. The van der Waals surface area contributed by atoms with Crippen LogP contribution in [0, 0.1) is 5.82 Å². The summed E-state index contributed by atoms with van der Waals surface area (Å²) < 4.78 is 14.5. The third-order valence-corrected chi connectivity index (χ3v) is 2.08. The van der Waals surface area contributed by atoms with Crippen LogP contribution in [0.25, 0.3) is 10.9 Å². The highest BCUT2D eigenvalue weighted by molar-refractivity contribution is 6.02. The zero-order valence-corrected chi connectivity index (χ0v) is 7.36. The number of carbonyl (C=O) groups is 1. The topological polar surface area (TPSA) is 55.1 Å². The quantitative estimate of drug-likeness (QED) is 0.746. The predicted molar refractivity (Wildman–Crippen MR) is 47.6 cm³/mol. The monoisotopic (exact) mass is 194 g/mol. The first-order chi connectivity index (χ1) is 6.61. The molecular weight excluding hydrogens is 187 g/mol. The third-order valence-electron chi connectivity index (χ3n) is 2.08. The lowest BCUT2D eigenvalue weighted by Crippen LogP contribution is -2.01. The summed E-state index contributed by atoms with van der Waals surface area (Å²) in [7, 11) is 1.58. The van der Waals surface area contributed by atoms with E-state index >= 15 is 0 Å². The highest BCUT2D eigenvalue weighted by Gasteiger charge is 2.14. The van der Waals surface area contributed by atoms with Gasteiger partial charge in [0.1, 0.15) is 5.82 Å². The number of aryl methyl sites for hydroxylation is 1. The Morgan fingerprint density at radius 1 is 1.57 bits per heavy atom. The van der Waals surface area contributed by atoms with Gasteiger partial charge < -0.3 is 5.11 Å². The number of carboxylic acid groups (broad SMARTS) is 1. The minimum atomic E-state index is -1.08. The van der Waals surface area contributed by atoms with E-state index < -0.39 is 11.8 Å². The van der Waals surface area contributed by atoms with Crippen LogP contribution in [0.15, 0.2) is 18.3 Å². The number of hydrogen-bond donors (Lipinski definition) is 1. The molecule has 0 spiro atoms. The Kier molecular flexibility index (Phi) is 1.73. The molecule has 0 bridgehead atoms. The molecule has 5 heteroatoms. The number of hydrogen-bond acceptors (Lipinski definition) is 2. The second-order valence-electron chi connectivity index (χ2n) is 2.93. The SMILES string of the molecule is Cn1ncc2c(F)ccc(C(=O)O)c21. The van der Waals surface area contributed by atoms with Crippen LogP contribution in [-0.4, -0.2) is 20.9 Å². The van der Waals surface area contributed by atoms with Crippen LogP contribution in [-0.2, 0) is 7.05 Å². The molecule has 1 aromatic carbocycles. The minimum absolute atomic E-state index is 0.0569. The molecule has 0 aliphatic rings. The first-order valence-electron chi connectivity index (χ1n) is 3.95. The fourth-order valence-electron chi connectivity index (χ4n) is 1.43. The van der Waals surface area contributed by atoms with E-state index in [1.54, 1.807) is 7.05 Å². The summed E-state index contributed by atoms with van der Waals surface area (Å²) >= 11 is 0. The molecule has 0 unspecified atom stereocenters. The van der Waals surface area contributed by atoms with E-state index in [1.165, 1.54) is 16.9 Å². The molecule has 72 valence electrons. The summed E-state index contributed by atoms with van der Waals surface area (Å²) in [6.07, 6.45) is 1.32. The Morgan fingerprint density at radius 2 is 2.29 bits per heavy atom. The first kappa shape index (κ1) is 8.68. The number of fused-ring (bicyclic) bond motifs is 1. The predicted octanol–water partition coefficient (Wildman–Crippen LogP) is 1.41. The van der Waals surface area contributed by atoms with E-state index in [1.807, 2.05) is 0 Å². The van der Waals surface area contributed by atoms with Crippen molar-refractivity contribution in [2.24, 2.45) is 7.05 Å². The normalized spacial score (nSPS) is 10.7. The van der Waals surface area contributed by atoms with Crippen molar-refractivity contribution in [2.75, 3.05) is 0 Å². The summed E-state index contributed by atoms with van der Waals surface area (Å²) in [4.78, 5) is 10.8. The zero-order valence-electron chi connectivity index (χ0n) is 7.36. The first-order valence-corrected chi connectivity index (χ1v) is 3.95. The molecule has 0 saturated heterocycles. The fourth-order valence-corrected chi connectivity index (χ4v) is 1.43. The standard InChI is InChI=1S/C9H7FN2O2/c1-12-8-5(9(13)14)2-3-7(10)6(8)4-11-12/h2-4H,1H3,(H,13,14). The van der Waals surface area contributed by atoms with Crippen molar-refractivity contribution in [3.05, 3.63) is 29.7 Å². The van der Waals surface area contributed by atoms with Gasteiger partial charge in [0.2, 0.25) is 0 Å². The van der Waals surface area contributed by atoms with Gasteiger partial charge in [-0.25, -0.2) is 9.18 Å². The zero-order chi connectivity index (χ0) is 10.3. The smallest absolute Gasteiger partial charge is 0.337 e. The van der Waals surface area contributed by atoms with E-state index in [0.29, 0.717) is 5.52 Å². The van der Waals surface area contributed by atoms with Gasteiger partial charge in [-0.1, -0.05) is 0 Å². The van der Waals surface area contributed by atoms with Crippen molar-refractivity contribution in [3.63, 3.8) is 0 Å². The van der Waals surface area contributed by atoms with Gasteiger partial charge in [0.15, 0.2) is 0 Å². The van der Waals surface area contributed by atoms with Gasteiger partial charge in [0, 0.05) is 7.05 Å². The lowest BCUT2D eigenvalue weighted by molar-refractivity contribution is 0.0698. The summed E-state index contributed by atoms with van der Waals surface area (Å²) in [5.41, 5.74) is 0.360. The van der Waals surface area contributed by atoms with Crippen LogP contribution < -0.4 is 0 Å². The molecule has 0 amide bonds. The number of aromatic nitrogens is 2. The summed E-state index contributed by atoms with van der Waals surface area (Å²) in [6.45, 7) is 0. The maximum atomic E-state index is 13.2. The number of aromatic carboxylic acids is 1. The highest BCUT2D eigenvalue weighted by atomic mass is 19.1. The van der Waals surface area contributed by atoms with E-state index in [4.69, 9.17) is 5.11 Å². The molecule has 0 fully saturated rings. The average molecular weight is 194 g/mol. The lowest BCUT2D eigenvalue weighted by atomic mass is 10.1. The van der Waals surface area contributed by atoms with Gasteiger partial charge in [-0.2, -0.15) is 5.10 Å². The van der Waals surface area contributed by atoms with Crippen LogP contribution in [0.2, 0.25) is 0 Å². The molecule has 0 aliphatic carbocycles. The number of nitrogens with zero attached hydrogens (tertiary/aromatic N) is 2. The minimum Gasteiger partial charge on any atom is -0.478 e. The summed E-state index contributed by atoms with van der Waals surface area (Å²) in [5, 5.41) is 12.9. The molecule has 1 N–H and O–H groups in total. The van der Waals surface area contributed by atoms with E-state index in [2.05, 4.69) is 5.10 Å². The second-order valence-corrected chi connectivity index (χ2v) is 2.93. The van der Waals surface area contributed by atoms with Gasteiger partial charge in [0.25, 0.3) is 0 Å². The lowest BCUT2D eigenvalue weighted by Gasteiger charge is -2.00. The molecule has 0 saturated carbocycles. The molecule has 1 aromatic heterocycles. The van der Waals surface area contributed by atoms with Crippen molar-refractivity contribution in [2.45, 2.75) is 0 Å². The maximum Gasteiger partial charge on any atom is 0.337 e. The van der Waals surface area contributed by atoms with Gasteiger partial charge in [-0.15, -0.1) is 0 Å². The molecule has 14 heavy (non-hydrogen) atoms. The maximum absolute atomic E-state index is 13.2. The van der Waals surface area contributed by atoms with Crippen molar-refractivity contribution >= 4 is 16.9 Å². The van der Waals surface area contributed by atoms with Crippen LogP contribution >= 0.6 is 0 Å². The second kappa shape index (κ2) is 2.80.